The SMILES string of the molecule is CNCC(C)C(=O)NCCCN1C(=O)COc2ccccc21.Cl. The molecule has 2 rings (SSSR count). The van der Waals surface area contributed by atoms with Crippen LogP contribution in [0.4, 0.5) is 5.69 Å². The van der Waals surface area contributed by atoms with Gasteiger partial charge in [0.2, 0.25) is 5.91 Å². The monoisotopic (exact) mass is 341 g/mol. The third-order valence-electron chi connectivity index (χ3n) is 3.62. The molecule has 128 valence electrons. The fourth-order valence-corrected chi connectivity index (χ4v) is 2.42. The summed E-state index contributed by atoms with van der Waals surface area (Å²) in [6.07, 6.45) is 0.706. The van der Waals surface area contributed by atoms with E-state index >= 15 is 0 Å². The summed E-state index contributed by atoms with van der Waals surface area (Å²) < 4.78 is 5.40. The Morgan fingerprint density at radius 3 is 2.87 bits per heavy atom. The quantitative estimate of drug-likeness (QED) is 0.731. The smallest absolute Gasteiger partial charge is 0.265 e. The molecule has 6 nitrogen and oxygen atoms in total. The molecule has 2 amide bonds. The minimum absolute atomic E-state index is 0. The Bertz CT molecular complexity index is 539. The number of anilines is 1. The Morgan fingerprint density at radius 1 is 1.39 bits per heavy atom. The lowest BCUT2D eigenvalue weighted by molar-refractivity contribution is -0.124. The molecule has 1 aliphatic rings. The van der Waals surface area contributed by atoms with Crippen molar-refractivity contribution in [1.82, 2.24) is 10.6 Å². The van der Waals surface area contributed by atoms with E-state index in [1.165, 1.54) is 0 Å². The van der Waals surface area contributed by atoms with Crippen LogP contribution in [0.3, 0.4) is 0 Å². The van der Waals surface area contributed by atoms with Crippen molar-refractivity contribution in [2.75, 3.05) is 38.2 Å². The molecule has 0 bridgehead atoms. The van der Waals surface area contributed by atoms with Crippen LogP contribution in [0.25, 0.3) is 0 Å². The average molecular weight is 342 g/mol. The molecule has 0 radical (unpaired) electrons. The maximum atomic E-state index is 12.0. The van der Waals surface area contributed by atoms with Crippen molar-refractivity contribution >= 4 is 29.9 Å². The maximum Gasteiger partial charge on any atom is 0.265 e. The van der Waals surface area contributed by atoms with E-state index in [9.17, 15) is 9.59 Å². The van der Waals surface area contributed by atoms with Gasteiger partial charge in [-0.05, 0) is 25.6 Å². The molecule has 1 heterocycles. The number of ether oxygens (including phenoxy) is 1. The summed E-state index contributed by atoms with van der Waals surface area (Å²) in [6.45, 7) is 3.73. The molecular formula is C16H24ClN3O3. The van der Waals surface area contributed by atoms with Crippen LogP contribution >= 0.6 is 12.4 Å². The highest BCUT2D eigenvalue weighted by Gasteiger charge is 2.24. The molecule has 2 N–H and O–H groups in total. The van der Waals surface area contributed by atoms with Gasteiger partial charge in [-0.3, -0.25) is 9.59 Å². The van der Waals surface area contributed by atoms with E-state index in [4.69, 9.17) is 4.74 Å². The van der Waals surface area contributed by atoms with Crippen LogP contribution in [0.1, 0.15) is 13.3 Å². The molecule has 23 heavy (non-hydrogen) atoms. The second-order valence-corrected chi connectivity index (χ2v) is 5.41. The number of amides is 2. The van der Waals surface area contributed by atoms with Crippen LogP contribution in [0, 0.1) is 5.92 Å². The van der Waals surface area contributed by atoms with E-state index in [2.05, 4.69) is 10.6 Å². The summed E-state index contributed by atoms with van der Waals surface area (Å²) in [6, 6.07) is 7.50. The Morgan fingerprint density at radius 2 is 2.13 bits per heavy atom. The normalized spacial score (nSPS) is 14.3. The number of halogens is 1. The third kappa shape index (κ3) is 5.11. The minimum Gasteiger partial charge on any atom is -0.482 e. The molecule has 0 saturated heterocycles. The van der Waals surface area contributed by atoms with Crippen LogP contribution in [0.5, 0.6) is 5.75 Å². The number of hydrogen-bond donors (Lipinski definition) is 2. The zero-order valence-electron chi connectivity index (χ0n) is 13.5. The zero-order chi connectivity index (χ0) is 15.9. The van der Waals surface area contributed by atoms with Gasteiger partial charge in [-0.25, -0.2) is 0 Å². The van der Waals surface area contributed by atoms with Gasteiger partial charge in [0.1, 0.15) is 5.75 Å². The van der Waals surface area contributed by atoms with Crippen LogP contribution in [-0.4, -0.2) is 45.1 Å². The standard InChI is InChI=1S/C16H23N3O3.ClH/c1-12(10-17-2)16(21)18-8-5-9-19-13-6-3-4-7-14(13)22-11-15(19)20;/h3-4,6-7,12,17H,5,8-11H2,1-2H3,(H,18,21);1H. The summed E-state index contributed by atoms with van der Waals surface area (Å²) in [7, 11) is 1.82. The van der Waals surface area contributed by atoms with Crippen LogP contribution in [0.15, 0.2) is 24.3 Å². The summed E-state index contributed by atoms with van der Waals surface area (Å²) in [5, 5.41) is 5.88. The van der Waals surface area contributed by atoms with Gasteiger partial charge in [0.15, 0.2) is 6.61 Å². The van der Waals surface area contributed by atoms with E-state index in [0.29, 0.717) is 26.1 Å². The number of benzene rings is 1. The van der Waals surface area contributed by atoms with Crippen LogP contribution < -0.4 is 20.3 Å². The van der Waals surface area contributed by atoms with E-state index < -0.39 is 0 Å². The average Bonchev–Trinajstić information content (AvgIpc) is 2.53. The molecule has 0 spiro atoms. The number of nitrogens with one attached hydrogen (secondary N) is 2. The van der Waals surface area contributed by atoms with Crippen molar-refractivity contribution in [1.29, 1.82) is 0 Å². The lowest BCUT2D eigenvalue weighted by Crippen LogP contribution is -2.41. The lowest BCUT2D eigenvalue weighted by atomic mass is 10.1. The van der Waals surface area contributed by atoms with Gasteiger partial charge in [0, 0.05) is 25.6 Å². The molecule has 0 aliphatic carbocycles. The molecular weight excluding hydrogens is 318 g/mol. The van der Waals surface area contributed by atoms with Crippen molar-refractivity contribution < 1.29 is 14.3 Å². The fraction of sp³-hybridized carbons (Fsp3) is 0.500. The molecule has 7 heteroatoms. The van der Waals surface area contributed by atoms with Crippen molar-refractivity contribution in [2.45, 2.75) is 13.3 Å². The Balaban J connectivity index is 0.00000264. The van der Waals surface area contributed by atoms with E-state index in [1.54, 1.807) is 4.90 Å². The van der Waals surface area contributed by atoms with Crippen molar-refractivity contribution in [3.05, 3.63) is 24.3 Å². The number of hydrogen-bond acceptors (Lipinski definition) is 4. The number of fused-ring (bicyclic) bond motifs is 1. The van der Waals surface area contributed by atoms with Crippen molar-refractivity contribution in [3.8, 4) is 5.75 Å². The number of para-hydroxylation sites is 2. The Labute approximate surface area is 143 Å². The summed E-state index contributed by atoms with van der Waals surface area (Å²) in [5.41, 5.74) is 0.800. The lowest BCUT2D eigenvalue weighted by Gasteiger charge is -2.29. The van der Waals surface area contributed by atoms with E-state index in [0.717, 1.165) is 11.4 Å². The van der Waals surface area contributed by atoms with Crippen molar-refractivity contribution in [3.63, 3.8) is 0 Å². The topological polar surface area (TPSA) is 70.7 Å². The molecule has 1 aliphatic heterocycles. The number of nitrogens with zero attached hydrogens (tertiary/aromatic N) is 1. The van der Waals surface area contributed by atoms with E-state index in [1.807, 2.05) is 38.2 Å². The predicted molar refractivity (Wildman–Crippen MR) is 92.3 cm³/mol. The highest BCUT2D eigenvalue weighted by molar-refractivity contribution is 5.97. The minimum atomic E-state index is -0.0595. The molecule has 1 aromatic carbocycles. The molecule has 1 atom stereocenters. The summed E-state index contributed by atoms with van der Waals surface area (Å²) in [4.78, 5) is 25.5. The third-order valence-corrected chi connectivity index (χ3v) is 3.62. The van der Waals surface area contributed by atoms with Crippen molar-refractivity contribution in [2.24, 2.45) is 5.92 Å². The van der Waals surface area contributed by atoms with Gasteiger partial charge >= 0.3 is 0 Å². The number of rotatable bonds is 7. The first kappa shape index (κ1) is 19.3. The molecule has 0 aromatic heterocycles. The Hall–Kier alpha value is -1.79. The number of carbonyl (C=O) groups is 2. The second-order valence-electron chi connectivity index (χ2n) is 5.41. The Kier molecular flexibility index (Phi) is 7.85. The molecule has 0 fully saturated rings. The number of carbonyl (C=O) groups excluding carboxylic acids is 2. The summed E-state index contributed by atoms with van der Waals surface area (Å²) >= 11 is 0. The first-order chi connectivity index (χ1) is 10.6. The zero-order valence-corrected chi connectivity index (χ0v) is 14.3. The van der Waals surface area contributed by atoms with Gasteiger partial charge in [0.25, 0.3) is 5.91 Å². The highest BCUT2D eigenvalue weighted by Crippen LogP contribution is 2.31. The molecule has 1 aromatic rings. The van der Waals surface area contributed by atoms with Gasteiger partial charge in [0.05, 0.1) is 5.69 Å². The van der Waals surface area contributed by atoms with Crippen LogP contribution in [0.2, 0.25) is 0 Å². The summed E-state index contributed by atoms with van der Waals surface area (Å²) in [5.74, 6) is 0.654. The van der Waals surface area contributed by atoms with Gasteiger partial charge in [-0.15, -0.1) is 12.4 Å². The first-order valence-corrected chi connectivity index (χ1v) is 7.58. The fourth-order valence-electron chi connectivity index (χ4n) is 2.42. The first-order valence-electron chi connectivity index (χ1n) is 7.58. The second kappa shape index (κ2) is 9.37. The van der Waals surface area contributed by atoms with Gasteiger partial charge in [-0.1, -0.05) is 19.1 Å². The highest BCUT2D eigenvalue weighted by atomic mass is 35.5. The largest absolute Gasteiger partial charge is 0.482 e. The van der Waals surface area contributed by atoms with Crippen LogP contribution in [-0.2, 0) is 9.59 Å². The maximum absolute atomic E-state index is 12.0. The molecule has 0 saturated carbocycles. The predicted octanol–water partition coefficient (Wildman–Crippen LogP) is 1.20. The molecule has 1 unspecified atom stereocenters. The van der Waals surface area contributed by atoms with Gasteiger partial charge < -0.3 is 20.3 Å². The van der Waals surface area contributed by atoms with Gasteiger partial charge in [-0.2, -0.15) is 0 Å². The van der Waals surface area contributed by atoms with E-state index in [-0.39, 0.29) is 36.7 Å².